The molecule has 0 spiro atoms. The Balaban J connectivity index is 1.55. The largest absolute Gasteiger partial charge is 0.411 e. The van der Waals surface area contributed by atoms with E-state index in [0.717, 1.165) is 35.9 Å². The second-order valence-corrected chi connectivity index (χ2v) is 8.87. The van der Waals surface area contributed by atoms with E-state index in [2.05, 4.69) is 36.0 Å². The number of H-pyrrole nitrogens is 1. The Morgan fingerprint density at radius 1 is 1.29 bits per heavy atom. The van der Waals surface area contributed by atoms with Gasteiger partial charge in [-0.1, -0.05) is 43.8 Å². The Bertz CT molecular complexity index is 964. The first kappa shape index (κ1) is 19.1. The van der Waals surface area contributed by atoms with E-state index >= 15 is 0 Å². The van der Waals surface area contributed by atoms with Crippen LogP contribution in [0.2, 0.25) is 0 Å². The summed E-state index contributed by atoms with van der Waals surface area (Å²) in [5.74, 6) is 0.829. The Morgan fingerprint density at radius 2 is 2.11 bits per heavy atom. The van der Waals surface area contributed by atoms with Crippen LogP contribution in [0, 0.1) is 5.92 Å². The van der Waals surface area contributed by atoms with E-state index in [-0.39, 0.29) is 17.1 Å². The van der Waals surface area contributed by atoms with Gasteiger partial charge in [-0.2, -0.15) is 0 Å². The van der Waals surface area contributed by atoms with Gasteiger partial charge in [-0.05, 0) is 38.2 Å². The third-order valence-corrected chi connectivity index (χ3v) is 6.76. The van der Waals surface area contributed by atoms with Gasteiger partial charge in [-0.25, -0.2) is 0 Å². The molecule has 2 aromatic heterocycles. The average Bonchev–Trinajstić information content (AvgIpc) is 3.32. The number of para-hydroxylation sites is 1. The lowest BCUT2D eigenvalue weighted by molar-refractivity contribution is -0.134. The van der Waals surface area contributed by atoms with Gasteiger partial charge in [-0.15, -0.1) is 10.2 Å². The number of amides is 1. The quantitative estimate of drug-likeness (QED) is 0.629. The minimum Gasteiger partial charge on any atom is -0.411 e. The van der Waals surface area contributed by atoms with E-state index in [1.165, 1.54) is 18.2 Å². The molecule has 0 aliphatic carbocycles. The van der Waals surface area contributed by atoms with E-state index in [1.54, 1.807) is 0 Å². The minimum absolute atomic E-state index is 0.176. The zero-order valence-electron chi connectivity index (χ0n) is 16.5. The van der Waals surface area contributed by atoms with Gasteiger partial charge >= 0.3 is 0 Å². The molecule has 148 valence electrons. The molecule has 1 N–H and O–H groups in total. The maximum Gasteiger partial charge on any atom is 0.277 e. The number of nitrogens with one attached hydrogen (secondary N) is 1. The van der Waals surface area contributed by atoms with Crippen molar-refractivity contribution >= 4 is 28.6 Å². The highest BCUT2D eigenvalue weighted by atomic mass is 32.2. The van der Waals surface area contributed by atoms with Crippen LogP contribution in [0.5, 0.6) is 0 Å². The highest BCUT2D eigenvalue weighted by molar-refractivity contribution is 8.00. The monoisotopic (exact) mass is 398 g/mol. The predicted octanol–water partition coefficient (Wildman–Crippen LogP) is 4.74. The molecule has 28 heavy (non-hydrogen) atoms. The minimum atomic E-state index is -0.225. The number of hydrogen-bond donors (Lipinski definition) is 1. The molecule has 1 aliphatic rings. The van der Waals surface area contributed by atoms with Crippen molar-refractivity contribution in [3.63, 3.8) is 0 Å². The molecule has 4 rings (SSSR count). The van der Waals surface area contributed by atoms with Crippen molar-refractivity contribution in [3.05, 3.63) is 30.5 Å². The molecule has 0 saturated carbocycles. The first-order valence-corrected chi connectivity index (χ1v) is 10.8. The van der Waals surface area contributed by atoms with Crippen LogP contribution in [-0.2, 0) is 4.79 Å². The van der Waals surface area contributed by atoms with E-state index in [0.29, 0.717) is 17.2 Å². The molecule has 0 bridgehead atoms. The fourth-order valence-electron chi connectivity index (χ4n) is 3.78. The summed E-state index contributed by atoms with van der Waals surface area (Å²) >= 11 is 1.38. The standard InChI is InChI=1S/C21H26N4O2S/c1-13(2)18(20(26)25-11-7-6-8-14(25)3)28-21-24-23-19(27-21)16-12-22-17-10-5-4-9-15(16)17/h4-5,9-10,12-14,18,22H,6-8,11H2,1-3H3/t14-,18-/m0/s1. The highest BCUT2D eigenvalue weighted by Gasteiger charge is 2.33. The van der Waals surface area contributed by atoms with Crippen molar-refractivity contribution in [2.45, 2.75) is 56.5 Å². The summed E-state index contributed by atoms with van der Waals surface area (Å²) < 4.78 is 5.93. The number of carbonyl (C=O) groups excluding carboxylic acids is 1. The van der Waals surface area contributed by atoms with Gasteiger partial charge in [0, 0.05) is 29.7 Å². The van der Waals surface area contributed by atoms with Gasteiger partial charge in [0.15, 0.2) is 0 Å². The van der Waals surface area contributed by atoms with Crippen LogP contribution in [0.15, 0.2) is 40.1 Å². The first-order valence-electron chi connectivity index (χ1n) is 9.91. The van der Waals surface area contributed by atoms with Gasteiger partial charge < -0.3 is 14.3 Å². The lowest BCUT2D eigenvalue weighted by atomic mass is 10.0. The van der Waals surface area contributed by atoms with Crippen LogP contribution in [0.4, 0.5) is 0 Å². The number of thioether (sulfide) groups is 1. The summed E-state index contributed by atoms with van der Waals surface area (Å²) in [7, 11) is 0. The number of likely N-dealkylation sites (tertiary alicyclic amines) is 1. The molecule has 0 unspecified atom stereocenters. The zero-order chi connectivity index (χ0) is 19.7. The second kappa shape index (κ2) is 7.99. The van der Waals surface area contributed by atoms with E-state index in [1.807, 2.05) is 35.4 Å². The fourth-order valence-corrected chi connectivity index (χ4v) is 4.72. The normalized spacial score (nSPS) is 18.7. The van der Waals surface area contributed by atoms with Crippen molar-refractivity contribution in [1.82, 2.24) is 20.1 Å². The Hall–Kier alpha value is -2.28. The molecule has 1 fully saturated rings. The summed E-state index contributed by atoms with van der Waals surface area (Å²) in [6.07, 6.45) is 5.23. The van der Waals surface area contributed by atoms with E-state index in [9.17, 15) is 4.79 Å². The lowest BCUT2D eigenvalue weighted by Crippen LogP contribution is -2.47. The Kier molecular flexibility index (Phi) is 5.44. The Morgan fingerprint density at radius 3 is 2.89 bits per heavy atom. The maximum atomic E-state index is 13.2. The van der Waals surface area contributed by atoms with Crippen LogP contribution in [0.1, 0.15) is 40.0 Å². The summed E-state index contributed by atoms with van der Waals surface area (Å²) in [5.41, 5.74) is 1.91. The molecule has 2 atom stereocenters. The van der Waals surface area contributed by atoms with Gasteiger partial charge in [-0.3, -0.25) is 4.79 Å². The third-order valence-electron chi connectivity index (χ3n) is 5.39. The average molecular weight is 399 g/mol. The number of hydrogen-bond acceptors (Lipinski definition) is 5. The van der Waals surface area contributed by atoms with Crippen LogP contribution in [0.25, 0.3) is 22.4 Å². The summed E-state index contributed by atoms with van der Waals surface area (Å²) in [6.45, 7) is 7.12. The lowest BCUT2D eigenvalue weighted by Gasteiger charge is -2.36. The molecule has 1 aromatic carbocycles. The van der Waals surface area contributed by atoms with Gasteiger partial charge in [0.05, 0.1) is 10.8 Å². The molecule has 1 saturated heterocycles. The third kappa shape index (κ3) is 3.68. The first-order chi connectivity index (χ1) is 13.5. The molecule has 3 heterocycles. The van der Waals surface area contributed by atoms with Crippen LogP contribution < -0.4 is 0 Å². The van der Waals surface area contributed by atoms with Crippen molar-refractivity contribution in [2.75, 3.05) is 6.54 Å². The molecular weight excluding hydrogens is 372 g/mol. The van der Waals surface area contributed by atoms with E-state index in [4.69, 9.17) is 4.42 Å². The second-order valence-electron chi connectivity index (χ2n) is 7.78. The molecule has 7 heteroatoms. The van der Waals surface area contributed by atoms with Crippen LogP contribution >= 0.6 is 11.8 Å². The zero-order valence-corrected chi connectivity index (χ0v) is 17.3. The number of benzene rings is 1. The van der Waals surface area contributed by atoms with Gasteiger partial charge in [0.25, 0.3) is 11.1 Å². The summed E-state index contributed by atoms with van der Waals surface area (Å²) in [4.78, 5) is 18.4. The van der Waals surface area contributed by atoms with Crippen molar-refractivity contribution in [3.8, 4) is 11.5 Å². The molecule has 6 nitrogen and oxygen atoms in total. The topological polar surface area (TPSA) is 75.0 Å². The maximum absolute atomic E-state index is 13.2. The fraction of sp³-hybridized carbons (Fsp3) is 0.476. The number of fused-ring (bicyclic) bond motifs is 1. The van der Waals surface area contributed by atoms with Crippen LogP contribution in [0.3, 0.4) is 0 Å². The van der Waals surface area contributed by atoms with Gasteiger partial charge in [0.1, 0.15) is 0 Å². The number of carbonyl (C=O) groups is 1. The van der Waals surface area contributed by atoms with Crippen molar-refractivity contribution in [2.24, 2.45) is 5.92 Å². The number of nitrogens with zero attached hydrogens (tertiary/aromatic N) is 3. The molecule has 1 aliphatic heterocycles. The summed E-state index contributed by atoms with van der Waals surface area (Å²) in [6, 6.07) is 8.30. The number of piperidine rings is 1. The molecule has 0 radical (unpaired) electrons. The molecule has 1 amide bonds. The van der Waals surface area contributed by atoms with Crippen LogP contribution in [-0.4, -0.2) is 43.8 Å². The highest BCUT2D eigenvalue weighted by Crippen LogP contribution is 2.34. The predicted molar refractivity (Wildman–Crippen MR) is 111 cm³/mol. The van der Waals surface area contributed by atoms with Crippen molar-refractivity contribution < 1.29 is 9.21 Å². The van der Waals surface area contributed by atoms with Gasteiger partial charge in [0.2, 0.25) is 5.91 Å². The number of aromatic amines is 1. The Labute approximate surface area is 169 Å². The number of aromatic nitrogens is 3. The van der Waals surface area contributed by atoms with Crippen molar-refractivity contribution in [1.29, 1.82) is 0 Å². The number of rotatable bonds is 5. The summed E-state index contributed by atoms with van der Waals surface area (Å²) in [5, 5.41) is 9.69. The van der Waals surface area contributed by atoms with E-state index < -0.39 is 0 Å². The molecule has 3 aromatic rings. The molecular formula is C21H26N4O2S. The SMILES string of the molecule is CC(C)[C@H](Sc1nnc(-c2c[nH]c3ccccc23)o1)C(=O)N1CCCC[C@@H]1C. The smallest absolute Gasteiger partial charge is 0.277 e.